The first kappa shape index (κ1) is 57.4. The summed E-state index contributed by atoms with van der Waals surface area (Å²) in [5, 5.41) is 29.8. The van der Waals surface area contributed by atoms with E-state index in [4.69, 9.17) is 20.2 Å². The van der Waals surface area contributed by atoms with Gasteiger partial charge >= 0.3 is 5.97 Å². The van der Waals surface area contributed by atoms with Gasteiger partial charge in [0.05, 0.1) is 6.10 Å². The van der Waals surface area contributed by atoms with Crippen LogP contribution >= 0.6 is 21.6 Å². The number of nitrogens with zero attached hydrogens (tertiary/aromatic N) is 2. The second kappa shape index (κ2) is 22.1. The zero-order chi connectivity index (χ0) is 57.0. The largest absolute Gasteiger partial charge is 0.504 e. The number of phenols is 1. The first-order valence-electron chi connectivity index (χ1n) is 33.9. The Morgan fingerprint density at radius 2 is 1.67 bits per heavy atom. The molecule has 15 aliphatic rings. The topological polar surface area (TPSA) is 147 Å². The van der Waals surface area contributed by atoms with Crippen molar-refractivity contribution >= 4 is 39.4 Å². The van der Waals surface area contributed by atoms with Gasteiger partial charge in [-0.05, 0) is 223 Å². The standard InChI is InChI=1S/C71H100N4O6S2/c1-46(2)15-16-48-21-32-66(38-48)28-10-29-69(66)39-52-17-18-56(69)44-82-83-71(31-11-27-65(71)25-7-8-26-65)74-64(72)73-42-55-19-20-58(49-12-5-4-6-13-49)68(55)41-60(78)75(45-68)43-53-36-50(22-33-67(80-47(3)76)34-24-57(52)59(77)40-67)61-51-23-35-70(81-63(61)62(53)79)30-9-14-54(70)37-51/h4-6,12-13,23,35-36,46,48,51-52,54-59,77,79H,7-11,14-22,24-34,37-45H2,1-3H3,(H3,72,73,74)/t48-,51-,52-,54-,55+,56-,57+,58+,59+,66-,67-,68+,69-,70+,71+/m0/s1. The third-order valence-corrected chi connectivity index (χ3v) is 29.8. The molecule has 0 aromatic heterocycles. The van der Waals surface area contributed by atoms with Crippen LogP contribution in [0.3, 0.4) is 0 Å². The Bertz CT molecular complexity index is 2830. The Hall–Kier alpha value is -3.35. The van der Waals surface area contributed by atoms with Gasteiger partial charge < -0.3 is 35.6 Å². The number of aliphatic hydroxyl groups excluding tert-OH is 1. The Balaban J connectivity index is 0.853. The number of nitrogens with two attached hydrogens (primary N) is 1. The summed E-state index contributed by atoms with van der Waals surface area (Å²) in [4.78, 5) is 35.8. The van der Waals surface area contributed by atoms with E-state index >= 15 is 4.79 Å². The molecule has 6 spiro atoms. The lowest BCUT2D eigenvalue weighted by Gasteiger charge is -2.57. The van der Waals surface area contributed by atoms with Crippen molar-refractivity contribution in [3.63, 3.8) is 0 Å². The van der Waals surface area contributed by atoms with E-state index in [0.29, 0.717) is 73.7 Å². The molecule has 12 heteroatoms. The highest BCUT2D eigenvalue weighted by Gasteiger charge is 2.64. The van der Waals surface area contributed by atoms with Gasteiger partial charge in [0.1, 0.15) is 16.1 Å². The molecule has 2 aromatic carbocycles. The zero-order valence-electron chi connectivity index (χ0n) is 50.7. The molecule has 1 amide bonds. The molecule has 6 heterocycles. The number of benzene rings is 2. The highest BCUT2D eigenvalue weighted by atomic mass is 33.1. The van der Waals surface area contributed by atoms with E-state index in [1.54, 1.807) is 6.92 Å². The molecular weight excluding hydrogens is 1070 g/mol. The minimum atomic E-state index is -0.813. The van der Waals surface area contributed by atoms with Gasteiger partial charge in [-0.3, -0.25) is 14.6 Å². The Morgan fingerprint density at radius 3 is 2.49 bits per heavy atom. The number of guanidine groups is 1. The number of aliphatic imine (C=N–C) groups is 1. The van der Waals surface area contributed by atoms with E-state index < -0.39 is 17.3 Å². The van der Waals surface area contributed by atoms with Crippen molar-refractivity contribution < 1.29 is 29.3 Å². The molecule has 10 bridgehead atoms. The van der Waals surface area contributed by atoms with Gasteiger partial charge in [-0.15, -0.1) is 0 Å². The molecule has 1 saturated heterocycles. The summed E-state index contributed by atoms with van der Waals surface area (Å²) in [5.74, 6) is 5.94. The summed E-state index contributed by atoms with van der Waals surface area (Å²) in [6, 6.07) is 13.1. The van der Waals surface area contributed by atoms with Crippen LogP contribution in [0, 0.1) is 63.1 Å². The van der Waals surface area contributed by atoms with Crippen molar-refractivity contribution in [2.75, 3.05) is 18.8 Å². The Kier molecular flexibility index (Phi) is 15.2. The fraction of sp³-hybridized carbons (Fsp3) is 0.761. The van der Waals surface area contributed by atoms with Crippen LogP contribution in [0.5, 0.6) is 11.5 Å². The highest BCUT2D eigenvalue weighted by molar-refractivity contribution is 8.77. The van der Waals surface area contributed by atoms with Crippen LogP contribution in [0.25, 0.3) is 0 Å². The van der Waals surface area contributed by atoms with Crippen LogP contribution in [0.2, 0.25) is 0 Å². The number of carbonyl (C=O) groups is 2. The molecule has 452 valence electrons. The predicted molar refractivity (Wildman–Crippen MR) is 334 cm³/mol. The summed E-state index contributed by atoms with van der Waals surface area (Å²) in [6.07, 6.45) is 36.9. The molecule has 2 aromatic rings. The van der Waals surface area contributed by atoms with Crippen molar-refractivity contribution in [1.82, 2.24) is 10.2 Å². The number of hydrogen-bond acceptors (Lipinski definition) is 11. The summed E-state index contributed by atoms with van der Waals surface area (Å²) in [7, 11) is 4.33. The smallest absolute Gasteiger partial charge is 0.303 e. The fourth-order valence-electron chi connectivity index (χ4n) is 22.6. The number of amides is 1. The van der Waals surface area contributed by atoms with Gasteiger partial charge in [-0.2, -0.15) is 0 Å². The number of esters is 1. The minimum Gasteiger partial charge on any atom is -0.504 e. The molecule has 10 nitrogen and oxygen atoms in total. The third-order valence-electron chi connectivity index (χ3n) is 26.5. The fourth-order valence-corrected chi connectivity index (χ4v) is 26.6. The number of aryl methyl sites for hydroxylation is 1. The van der Waals surface area contributed by atoms with Crippen LogP contribution in [0.4, 0.5) is 0 Å². The van der Waals surface area contributed by atoms with Gasteiger partial charge in [0.25, 0.3) is 0 Å². The molecule has 5 N–H and O–H groups in total. The maximum absolute atomic E-state index is 15.0. The summed E-state index contributed by atoms with van der Waals surface area (Å²) in [5.41, 5.74) is 10.7. The van der Waals surface area contributed by atoms with Gasteiger partial charge in [0, 0.05) is 78.9 Å². The number of fused-ring (bicyclic) bond motifs is 1. The lowest BCUT2D eigenvalue weighted by molar-refractivity contribution is -0.172. The molecule has 83 heavy (non-hydrogen) atoms. The predicted octanol–water partition coefficient (Wildman–Crippen LogP) is 15.2. The van der Waals surface area contributed by atoms with Crippen molar-refractivity contribution in [1.29, 1.82) is 0 Å². The quantitative estimate of drug-likeness (QED) is 0.130. The maximum Gasteiger partial charge on any atom is 0.303 e. The van der Waals surface area contributed by atoms with Crippen LogP contribution < -0.4 is 15.8 Å². The molecule has 17 rings (SSSR count). The van der Waals surface area contributed by atoms with Crippen LogP contribution in [-0.4, -0.2) is 74.0 Å². The van der Waals surface area contributed by atoms with Crippen molar-refractivity contribution in [2.45, 2.75) is 254 Å². The number of rotatable bonds is 5. The molecule has 9 fully saturated rings. The first-order chi connectivity index (χ1) is 40.1. The number of hydrogen-bond donors (Lipinski definition) is 4. The number of aromatic hydroxyl groups is 1. The molecule has 0 radical (unpaired) electrons. The second-order valence-corrected chi connectivity index (χ2v) is 33.4. The van der Waals surface area contributed by atoms with E-state index in [9.17, 15) is 15.0 Å². The van der Waals surface area contributed by atoms with Gasteiger partial charge in [0.15, 0.2) is 17.5 Å². The molecular formula is C71H100N4O6S2. The van der Waals surface area contributed by atoms with Crippen molar-refractivity contribution in [3.8, 4) is 11.5 Å². The van der Waals surface area contributed by atoms with E-state index in [1.165, 1.54) is 108 Å². The molecule has 9 aliphatic carbocycles. The summed E-state index contributed by atoms with van der Waals surface area (Å²) < 4.78 is 13.9. The monoisotopic (exact) mass is 1170 g/mol. The summed E-state index contributed by atoms with van der Waals surface area (Å²) >= 11 is 0. The Labute approximate surface area is 505 Å². The van der Waals surface area contributed by atoms with Crippen molar-refractivity contribution in [3.05, 3.63) is 70.8 Å². The van der Waals surface area contributed by atoms with Crippen molar-refractivity contribution in [2.24, 2.45) is 73.8 Å². The molecule has 8 saturated carbocycles. The van der Waals surface area contributed by atoms with Crippen LogP contribution in [-0.2, 0) is 27.3 Å². The van der Waals surface area contributed by atoms with Gasteiger partial charge in [-0.1, -0.05) is 104 Å². The minimum absolute atomic E-state index is 0.0889. The molecule has 15 atom stereocenters. The second-order valence-electron chi connectivity index (χ2n) is 30.8. The lowest BCUT2D eigenvalue weighted by atomic mass is 9.49. The van der Waals surface area contributed by atoms with E-state index in [-0.39, 0.29) is 69.0 Å². The normalized spacial score (nSPS) is 41.9. The number of ether oxygens (including phenoxy) is 2. The number of allylic oxidation sites excluding steroid dienone is 1. The first-order valence-corrected chi connectivity index (χ1v) is 36.3. The summed E-state index contributed by atoms with van der Waals surface area (Å²) in [6.45, 7) is 7.80. The van der Waals surface area contributed by atoms with Crippen LogP contribution in [0.15, 0.2) is 53.5 Å². The van der Waals surface area contributed by atoms with Gasteiger partial charge in [-0.25, -0.2) is 0 Å². The van der Waals surface area contributed by atoms with Crippen LogP contribution in [0.1, 0.15) is 241 Å². The Morgan fingerprint density at radius 1 is 0.867 bits per heavy atom. The number of phenolic OH excluding ortho intramolecular Hbond substituents is 1. The number of aliphatic hydroxyl groups is 1. The lowest BCUT2D eigenvalue weighted by Crippen LogP contribution is -2.56. The van der Waals surface area contributed by atoms with Gasteiger partial charge in [0.2, 0.25) is 5.91 Å². The molecule has 6 aliphatic heterocycles. The van der Waals surface area contributed by atoms with E-state index in [1.807, 2.05) is 4.90 Å². The number of nitrogens with one attached hydrogen (secondary N) is 1. The van der Waals surface area contributed by atoms with E-state index in [0.717, 1.165) is 98.5 Å². The molecule has 0 unspecified atom stereocenters. The highest BCUT2D eigenvalue weighted by Crippen LogP contribution is 2.73. The zero-order valence-corrected chi connectivity index (χ0v) is 52.4. The average Bonchev–Trinajstić information content (AvgIpc) is 2.12. The maximum atomic E-state index is 15.0. The SMILES string of the molecule is CC(=O)O[C@@]12CCc3cc(c(O)c4c3[C@H]3C=C[C@@]5(CCC[C@H]5C3)O4)CN3C[C@]4(CC3=O)[C@H](CC[C@@H]4c3ccccc3)CN=C(N)N[C@]3(CCCC34CCCC4)SSC[C@@H]3CC[C@@H](C[C@@]34CCC[C@@]43CC[C@H](CCC(C)C)C3)[C@@H](CC1)[C@H](O)C2. The van der Waals surface area contributed by atoms with E-state index in [2.05, 4.69) is 89.3 Å². The third kappa shape index (κ3) is 9.75. The number of carbonyl (C=O) groups excluding carboxylic acids is 2. The average molecular weight is 1170 g/mol.